The summed E-state index contributed by atoms with van der Waals surface area (Å²) in [7, 11) is 1.68. The van der Waals surface area contributed by atoms with Gasteiger partial charge in [-0.15, -0.1) is 0 Å². The van der Waals surface area contributed by atoms with Crippen LogP contribution in [-0.2, 0) is 10.2 Å². The first-order valence-corrected chi connectivity index (χ1v) is 6.99. The number of amides is 1. The number of carbonyl (C=O) groups is 1. The second kappa shape index (κ2) is 5.09. The summed E-state index contributed by atoms with van der Waals surface area (Å²) in [4.78, 5) is 13.9. The molecule has 0 aromatic heterocycles. The molecule has 0 bridgehead atoms. The number of hydrogen-bond acceptors (Lipinski definition) is 3. The molecule has 1 amide bonds. The van der Waals surface area contributed by atoms with Gasteiger partial charge in [0.1, 0.15) is 5.75 Å². The average Bonchev–Trinajstić information content (AvgIpc) is 2.66. The van der Waals surface area contributed by atoms with Gasteiger partial charge < -0.3 is 15.4 Å². The number of rotatable bonds is 2. The zero-order valence-corrected chi connectivity index (χ0v) is 13.0. The molecule has 20 heavy (non-hydrogen) atoms. The second-order valence-corrected chi connectivity index (χ2v) is 6.56. The highest BCUT2D eigenvalue weighted by Gasteiger charge is 2.30. The molecule has 0 spiro atoms. The molecule has 1 aromatic rings. The molecule has 1 unspecified atom stereocenters. The van der Waals surface area contributed by atoms with E-state index in [1.807, 2.05) is 13.0 Å². The molecule has 1 fully saturated rings. The lowest BCUT2D eigenvalue weighted by Gasteiger charge is -2.27. The summed E-state index contributed by atoms with van der Waals surface area (Å²) in [5.41, 5.74) is 8.95. The first-order valence-electron chi connectivity index (χ1n) is 6.99. The normalized spacial score (nSPS) is 19.6. The van der Waals surface area contributed by atoms with Crippen LogP contribution in [0.2, 0.25) is 0 Å². The van der Waals surface area contributed by atoms with E-state index in [9.17, 15) is 4.79 Å². The summed E-state index contributed by atoms with van der Waals surface area (Å²) < 4.78 is 5.49. The Bertz CT molecular complexity index is 532. The fourth-order valence-electron chi connectivity index (χ4n) is 2.68. The van der Waals surface area contributed by atoms with E-state index in [-0.39, 0.29) is 17.4 Å². The first-order chi connectivity index (χ1) is 9.24. The van der Waals surface area contributed by atoms with Gasteiger partial charge in [-0.2, -0.15) is 0 Å². The molecular formula is C16H24N2O2. The molecule has 4 heteroatoms. The van der Waals surface area contributed by atoms with Gasteiger partial charge in [0.25, 0.3) is 0 Å². The molecule has 1 atom stereocenters. The molecule has 2 rings (SSSR count). The van der Waals surface area contributed by atoms with Gasteiger partial charge in [0.05, 0.1) is 7.11 Å². The van der Waals surface area contributed by atoms with Crippen molar-refractivity contribution in [3.05, 3.63) is 23.3 Å². The van der Waals surface area contributed by atoms with Crippen molar-refractivity contribution < 1.29 is 9.53 Å². The number of carbonyl (C=O) groups excluding carboxylic acids is 1. The van der Waals surface area contributed by atoms with Crippen LogP contribution in [0.5, 0.6) is 5.75 Å². The molecule has 1 aromatic carbocycles. The zero-order valence-electron chi connectivity index (χ0n) is 13.0. The van der Waals surface area contributed by atoms with Gasteiger partial charge in [-0.3, -0.25) is 4.79 Å². The molecular weight excluding hydrogens is 252 g/mol. The minimum Gasteiger partial charge on any atom is -0.496 e. The number of anilines is 1. The molecule has 1 aliphatic heterocycles. The minimum absolute atomic E-state index is 0.0430. The van der Waals surface area contributed by atoms with Gasteiger partial charge in [-0.1, -0.05) is 20.8 Å². The number of ether oxygens (including phenoxy) is 1. The Morgan fingerprint density at radius 1 is 1.35 bits per heavy atom. The molecule has 110 valence electrons. The van der Waals surface area contributed by atoms with E-state index < -0.39 is 0 Å². The predicted molar refractivity (Wildman–Crippen MR) is 81.4 cm³/mol. The highest BCUT2D eigenvalue weighted by atomic mass is 16.5. The largest absolute Gasteiger partial charge is 0.496 e. The van der Waals surface area contributed by atoms with Crippen molar-refractivity contribution in [1.29, 1.82) is 0 Å². The van der Waals surface area contributed by atoms with Crippen LogP contribution >= 0.6 is 0 Å². The van der Waals surface area contributed by atoms with E-state index in [1.165, 1.54) is 0 Å². The topological polar surface area (TPSA) is 55.6 Å². The molecule has 4 nitrogen and oxygen atoms in total. The van der Waals surface area contributed by atoms with Crippen molar-refractivity contribution in [2.45, 2.75) is 45.6 Å². The smallest absolute Gasteiger partial charge is 0.228 e. The van der Waals surface area contributed by atoms with Gasteiger partial charge in [0, 0.05) is 30.3 Å². The van der Waals surface area contributed by atoms with Crippen LogP contribution in [0.25, 0.3) is 0 Å². The van der Waals surface area contributed by atoms with E-state index in [4.69, 9.17) is 10.5 Å². The molecule has 1 saturated heterocycles. The van der Waals surface area contributed by atoms with E-state index in [0.29, 0.717) is 13.0 Å². The number of hydrogen-bond donors (Lipinski definition) is 1. The van der Waals surface area contributed by atoms with Gasteiger partial charge in [-0.25, -0.2) is 0 Å². The second-order valence-electron chi connectivity index (χ2n) is 6.56. The Balaban J connectivity index is 2.52. The monoisotopic (exact) mass is 276 g/mol. The van der Waals surface area contributed by atoms with Crippen LogP contribution in [0.15, 0.2) is 12.1 Å². The van der Waals surface area contributed by atoms with Crippen molar-refractivity contribution in [3.63, 3.8) is 0 Å². The number of nitrogens with two attached hydrogens (primary N) is 1. The molecule has 2 N–H and O–H groups in total. The Kier molecular flexibility index (Phi) is 3.78. The van der Waals surface area contributed by atoms with Crippen molar-refractivity contribution in [2.75, 3.05) is 18.6 Å². The number of nitrogens with zero attached hydrogens (tertiary/aromatic N) is 1. The van der Waals surface area contributed by atoms with Crippen molar-refractivity contribution in [2.24, 2.45) is 5.73 Å². The average molecular weight is 276 g/mol. The van der Waals surface area contributed by atoms with E-state index >= 15 is 0 Å². The Labute approximate surface area is 120 Å². The zero-order chi connectivity index (χ0) is 15.1. The third-order valence-corrected chi connectivity index (χ3v) is 3.77. The quantitative estimate of drug-likeness (QED) is 0.902. The van der Waals surface area contributed by atoms with Crippen LogP contribution < -0.4 is 15.4 Å². The highest BCUT2D eigenvalue weighted by molar-refractivity contribution is 5.97. The molecule has 1 heterocycles. The Morgan fingerprint density at radius 2 is 2.00 bits per heavy atom. The summed E-state index contributed by atoms with van der Waals surface area (Å²) in [5.74, 6) is 0.973. The molecule has 1 aliphatic rings. The van der Waals surface area contributed by atoms with E-state index in [2.05, 4.69) is 26.8 Å². The summed E-state index contributed by atoms with van der Waals surface area (Å²) >= 11 is 0. The molecule has 0 radical (unpaired) electrons. The number of aryl methyl sites for hydroxylation is 1. The van der Waals surface area contributed by atoms with Gasteiger partial charge in [0.2, 0.25) is 5.91 Å². The Morgan fingerprint density at radius 3 is 2.45 bits per heavy atom. The molecule has 0 aliphatic carbocycles. The summed E-state index contributed by atoms with van der Waals surface area (Å²) in [5, 5.41) is 0. The lowest BCUT2D eigenvalue weighted by molar-refractivity contribution is -0.117. The number of methoxy groups -OCH3 is 1. The van der Waals surface area contributed by atoms with Gasteiger partial charge >= 0.3 is 0 Å². The van der Waals surface area contributed by atoms with Gasteiger partial charge in [-0.05, 0) is 30.0 Å². The van der Waals surface area contributed by atoms with E-state index in [0.717, 1.165) is 22.6 Å². The summed E-state index contributed by atoms with van der Waals surface area (Å²) in [6.45, 7) is 9.02. The Hall–Kier alpha value is -1.55. The van der Waals surface area contributed by atoms with Crippen molar-refractivity contribution >= 4 is 11.6 Å². The summed E-state index contributed by atoms with van der Waals surface area (Å²) in [6.07, 6.45) is 0.427. The highest BCUT2D eigenvalue weighted by Crippen LogP contribution is 2.37. The van der Waals surface area contributed by atoms with E-state index in [1.54, 1.807) is 12.0 Å². The SMILES string of the molecule is COc1cc(C)c(N2CC(N)CC2=O)cc1C(C)(C)C. The lowest BCUT2D eigenvalue weighted by atomic mass is 9.85. The van der Waals surface area contributed by atoms with Crippen LogP contribution in [0.4, 0.5) is 5.69 Å². The van der Waals surface area contributed by atoms with Gasteiger partial charge in [0.15, 0.2) is 0 Å². The molecule has 0 saturated carbocycles. The minimum atomic E-state index is -0.0675. The maximum atomic E-state index is 12.1. The predicted octanol–water partition coefficient (Wildman–Crippen LogP) is 2.37. The standard InChI is InChI=1S/C16H24N2O2/c1-10-6-14(20-5)12(16(2,3)4)8-13(10)18-9-11(17)7-15(18)19/h6,8,11H,7,9,17H2,1-5H3. The van der Waals surface area contributed by atoms with Crippen LogP contribution in [0, 0.1) is 6.92 Å². The van der Waals surface area contributed by atoms with Crippen molar-refractivity contribution in [3.8, 4) is 5.75 Å². The van der Waals surface area contributed by atoms with Crippen molar-refractivity contribution in [1.82, 2.24) is 0 Å². The fourth-order valence-corrected chi connectivity index (χ4v) is 2.68. The van der Waals surface area contributed by atoms with Crippen LogP contribution in [-0.4, -0.2) is 25.6 Å². The maximum Gasteiger partial charge on any atom is 0.228 e. The third kappa shape index (κ3) is 2.66. The first kappa shape index (κ1) is 14.9. The summed E-state index contributed by atoms with van der Waals surface area (Å²) in [6, 6.07) is 4.01. The lowest BCUT2D eigenvalue weighted by Crippen LogP contribution is -2.29. The maximum absolute atomic E-state index is 12.1. The number of benzene rings is 1. The van der Waals surface area contributed by atoms with Crippen LogP contribution in [0.3, 0.4) is 0 Å². The van der Waals surface area contributed by atoms with Crippen LogP contribution in [0.1, 0.15) is 38.3 Å². The fraction of sp³-hybridized carbons (Fsp3) is 0.562. The third-order valence-electron chi connectivity index (χ3n) is 3.77.